The second-order valence-electron chi connectivity index (χ2n) is 4.62. The van der Waals surface area contributed by atoms with Gasteiger partial charge in [0.1, 0.15) is 5.75 Å². The lowest BCUT2D eigenvalue weighted by Gasteiger charge is -2.23. The molecule has 0 spiro atoms. The summed E-state index contributed by atoms with van der Waals surface area (Å²) >= 11 is 0. The van der Waals surface area contributed by atoms with E-state index in [1.807, 2.05) is 0 Å². The molecule has 0 saturated carbocycles. The molecule has 0 atom stereocenters. The molecule has 2 aromatic carbocycles. The van der Waals surface area contributed by atoms with Crippen LogP contribution in [0.1, 0.15) is 6.92 Å². The molecule has 0 aromatic heterocycles. The number of ether oxygens (including phenoxy) is 1. The number of methoxy groups -OCH3 is 1. The zero-order valence-corrected chi connectivity index (χ0v) is 13.5. The summed E-state index contributed by atoms with van der Waals surface area (Å²) in [5, 5.41) is 10.7. The molecule has 0 aliphatic carbocycles. The van der Waals surface area contributed by atoms with Crippen LogP contribution in [0.15, 0.2) is 53.4 Å². The van der Waals surface area contributed by atoms with Crippen LogP contribution >= 0.6 is 0 Å². The highest BCUT2D eigenvalue weighted by molar-refractivity contribution is 7.92. The Labute approximate surface area is 134 Å². The van der Waals surface area contributed by atoms with E-state index < -0.39 is 14.9 Å². The SMILES string of the molecule is CCN(c1cccc(OC)c1)S(=O)(=O)c1ccc([N+](=O)[O-])cc1. The molecule has 8 heteroatoms. The third kappa shape index (κ3) is 3.42. The Balaban J connectivity index is 2.44. The average molecular weight is 336 g/mol. The summed E-state index contributed by atoms with van der Waals surface area (Å²) in [5.74, 6) is 0.542. The van der Waals surface area contributed by atoms with Gasteiger partial charge in [-0.25, -0.2) is 8.42 Å². The molecule has 0 saturated heterocycles. The van der Waals surface area contributed by atoms with Crippen LogP contribution in [0.3, 0.4) is 0 Å². The highest BCUT2D eigenvalue weighted by atomic mass is 32.2. The van der Waals surface area contributed by atoms with Crippen molar-refractivity contribution in [1.29, 1.82) is 0 Å². The molecule has 2 rings (SSSR count). The fourth-order valence-corrected chi connectivity index (χ4v) is 3.59. The van der Waals surface area contributed by atoms with E-state index in [2.05, 4.69) is 0 Å². The number of sulfonamides is 1. The van der Waals surface area contributed by atoms with Gasteiger partial charge in [0.15, 0.2) is 0 Å². The predicted molar refractivity (Wildman–Crippen MR) is 86.3 cm³/mol. The Kier molecular flexibility index (Phi) is 4.85. The van der Waals surface area contributed by atoms with Crippen molar-refractivity contribution in [3.05, 3.63) is 58.6 Å². The first-order chi connectivity index (χ1) is 10.9. The fraction of sp³-hybridized carbons (Fsp3) is 0.200. The average Bonchev–Trinajstić information content (AvgIpc) is 2.55. The zero-order valence-electron chi connectivity index (χ0n) is 12.7. The van der Waals surface area contributed by atoms with Crippen LogP contribution in [0.25, 0.3) is 0 Å². The first-order valence-corrected chi connectivity index (χ1v) is 8.25. The molecule has 0 amide bonds. The number of rotatable bonds is 6. The minimum absolute atomic E-state index is 0.00669. The van der Waals surface area contributed by atoms with Crippen LogP contribution in [0.2, 0.25) is 0 Å². The van der Waals surface area contributed by atoms with Crippen molar-refractivity contribution < 1.29 is 18.1 Å². The number of benzene rings is 2. The lowest BCUT2D eigenvalue weighted by atomic mass is 10.3. The van der Waals surface area contributed by atoms with Gasteiger partial charge in [-0.15, -0.1) is 0 Å². The number of hydrogen-bond acceptors (Lipinski definition) is 5. The topological polar surface area (TPSA) is 89.8 Å². The van der Waals surface area contributed by atoms with Crippen LogP contribution in [0.5, 0.6) is 5.75 Å². The van der Waals surface area contributed by atoms with Crippen LogP contribution in [-0.4, -0.2) is 27.0 Å². The van der Waals surface area contributed by atoms with Crippen LogP contribution in [0.4, 0.5) is 11.4 Å². The molecule has 122 valence electrons. The summed E-state index contributed by atoms with van der Waals surface area (Å²) in [6, 6.07) is 11.5. The van der Waals surface area contributed by atoms with E-state index >= 15 is 0 Å². The van der Waals surface area contributed by atoms with Gasteiger partial charge in [0.2, 0.25) is 0 Å². The van der Waals surface area contributed by atoms with Crippen LogP contribution in [-0.2, 0) is 10.0 Å². The molecule has 0 aliphatic heterocycles. The first kappa shape index (κ1) is 16.8. The molecule has 23 heavy (non-hydrogen) atoms. The molecule has 0 radical (unpaired) electrons. The molecule has 0 N–H and O–H groups in total. The molecule has 0 unspecified atom stereocenters. The normalized spacial score (nSPS) is 11.0. The Bertz CT molecular complexity index is 803. The van der Waals surface area contributed by atoms with E-state index in [-0.39, 0.29) is 17.1 Å². The summed E-state index contributed by atoms with van der Waals surface area (Å²) in [6.45, 7) is 1.93. The predicted octanol–water partition coefficient (Wildman–Crippen LogP) is 2.82. The third-order valence-corrected chi connectivity index (χ3v) is 5.18. The number of non-ortho nitro benzene ring substituents is 1. The zero-order chi connectivity index (χ0) is 17.0. The number of nitro groups is 1. The summed E-state index contributed by atoms with van der Waals surface area (Å²) in [5.41, 5.74) is 0.304. The van der Waals surface area contributed by atoms with E-state index in [4.69, 9.17) is 4.74 Å². The standard InChI is InChI=1S/C15H16N2O5S/c1-3-16(13-5-4-6-14(11-13)22-2)23(20,21)15-9-7-12(8-10-15)17(18)19/h4-11H,3H2,1-2H3. The maximum atomic E-state index is 12.8. The highest BCUT2D eigenvalue weighted by Gasteiger charge is 2.24. The molecule has 0 bridgehead atoms. The van der Waals surface area contributed by atoms with E-state index in [0.717, 1.165) is 0 Å². The van der Waals surface area contributed by atoms with Gasteiger partial charge in [-0.3, -0.25) is 14.4 Å². The van der Waals surface area contributed by atoms with Gasteiger partial charge in [-0.1, -0.05) is 6.07 Å². The Hall–Kier alpha value is -2.61. The van der Waals surface area contributed by atoms with Gasteiger partial charge < -0.3 is 4.74 Å². The number of hydrogen-bond donors (Lipinski definition) is 0. The quantitative estimate of drug-likeness (QED) is 0.597. The Morgan fingerprint density at radius 3 is 2.35 bits per heavy atom. The first-order valence-electron chi connectivity index (χ1n) is 6.81. The van der Waals surface area contributed by atoms with Crippen molar-refractivity contribution in [3.8, 4) is 5.75 Å². The Morgan fingerprint density at radius 2 is 1.83 bits per heavy atom. The fourth-order valence-electron chi connectivity index (χ4n) is 2.12. The van der Waals surface area contributed by atoms with E-state index in [1.165, 1.54) is 35.7 Å². The number of anilines is 1. The van der Waals surface area contributed by atoms with Crippen molar-refractivity contribution in [2.75, 3.05) is 18.0 Å². The Morgan fingerprint density at radius 1 is 1.17 bits per heavy atom. The van der Waals surface area contributed by atoms with E-state index in [0.29, 0.717) is 11.4 Å². The molecular formula is C15H16N2O5S. The largest absolute Gasteiger partial charge is 0.497 e. The van der Waals surface area contributed by atoms with Gasteiger partial charge in [0, 0.05) is 24.7 Å². The summed E-state index contributed by atoms with van der Waals surface area (Å²) in [4.78, 5) is 10.1. The van der Waals surface area contributed by atoms with E-state index in [9.17, 15) is 18.5 Å². The second kappa shape index (κ2) is 6.66. The molecule has 0 fully saturated rings. The van der Waals surface area contributed by atoms with Gasteiger partial charge in [0.05, 0.1) is 22.6 Å². The van der Waals surface area contributed by atoms with Gasteiger partial charge >= 0.3 is 0 Å². The molecule has 0 heterocycles. The van der Waals surface area contributed by atoms with Crippen molar-refractivity contribution in [3.63, 3.8) is 0 Å². The summed E-state index contributed by atoms with van der Waals surface area (Å²) in [6.07, 6.45) is 0. The van der Waals surface area contributed by atoms with Gasteiger partial charge in [0.25, 0.3) is 15.7 Å². The highest BCUT2D eigenvalue weighted by Crippen LogP contribution is 2.27. The van der Waals surface area contributed by atoms with E-state index in [1.54, 1.807) is 31.2 Å². The van der Waals surface area contributed by atoms with Crippen molar-refractivity contribution in [2.24, 2.45) is 0 Å². The second-order valence-corrected chi connectivity index (χ2v) is 6.48. The third-order valence-electron chi connectivity index (χ3n) is 3.26. The molecule has 0 aliphatic rings. The maximum absolute atomic E-state index is 12.8. The van der Waals surface area contributed by atoms with Crippen molar-refractivity contribution in [2.45, 2.75) is 11.8 Å². The van der Waals surface area contributed by atoms with Crippen molar-refractivity contribution in [1.82, 2.24) is 0 Å². The monoisotopic (exact) mass is 336 g/mol. The minimum atomic E-state index is -3.82. The lowest BCUT2D eigenvalue weighted by Crippen LogP contribution is -2.30. The summed E-state index contributed by atoms with van der Waals surface area (Å²) < 4.78 is 31.9. The maximum Gasteiger partial charge on any atom is 0.269 e. The molecule has 2 aromatic rings. The lowest BCUT2D eigenvalue weighted by molar-refractivity contribution is -0.384. The van der Waals surface area contributed by atoms with Crippen LogP contribution in [0, 0.1) is 10.1 Å². The number of nitrogens with zero attached hydrogens (tertiary/aromatic N) is 2. The number of nitro benzene ring substituents is 1. The van der Waals surface area contributed by atoms with Crippen LogP contribution < -0.4 is 9.04 Å². The van der Waals surface area contributed by atoms with Gasteiger partial charge in [-0.05, 0) is 31.2 Å². The van der Waals surface area contributed by atoms with Gasteiger partial charge in [-0.2, -0.15) is 0 Å². The molecule has 7 nitrogen and oxygen atoms in total. The van der Waals surface area contributed by atoms with Crippen molar-refractivity contribution >= 4 is 21.4 Å². The molecular weight excluding hydrogens is 320 g/mol. The minimum Gasteiger partial charge on any atom is -0.497 e. The smallest absolute Gasteiger partial charge is 0.269 e. The summed E-state index contributed by atoms with van der Waals surface area (Å²) in [7, 11) is -2.32.